The highest BCUT2D eigenvalue weighted by atomic mass is 32.2. The molecule has 2 aromatic rings. The van der Waals surface area contributed by atoms with E-state index in [-0.39, 0.29) is 11.5 Å². The van der Waals surface area contributed by atoms with Gasteiger partial charge in [-0.15, -0.1) is 0 Å². The van der Waals surface area contributed by atoms with Crippen LogP contribution in [0.15, 0.2) is 53.4 Å². The maximum atomic E-state index is 12.5. The number of hydrogen-bond donors (Lipinski definition) is 0. The van der Waals surface area contributed by atoms with Crippen molar-refractivity contribution in [2.75, 3.05) is 19.8 Å². The Morgan fingerprint density at radius 3 is 2.48 bits per heavy atom. The van der Waals surface area contributed by atoms with Gasteiger partial charge in [-0.25, -0.2) is 0 Å². The monoisotopic (exact) mass is 441 g/mol. The van der Waals surface area contributed by atoms with E-state index in [9.17, 15) is 14.4 Å². The number of esters is 1. The standard InChI is InChI=1S/C23H23NO6S/c1-3-28-19-12-17(10-11-18(19)30-15-16-8-6-5-7-9-16)13-20-22(26)24(23(27)31-20)14-21(25)29-4-2/h5-13H,3-4,14-15H2,1-2H3/b20-13-. The number of carbonyl (C=O) groups is 3. The van der Waals surface area contributed by atoms with E-state index in [0.717, 1.165) is 22.2 Å². The van der Waals surface area contributed by atoms with Crippen molar-refractivity contribution in [2.24, 2.45) is 0 Å². The fourth-order valence-corrected chi connectivity index (χ4v) is 3.70. The molecule has 3 rings (SSSR count). The van der Waals surface area contributed by atoms with Crippen LogP contribution in [0.5, 0.6) is 11.5 Å². The van der Waals surface area contributed by atoms with Crippen molar-refractivity contribution in [3.63, 3.8) is 0 Å². The third kappa shape index (κ3) is 5.88. The van der Waals surface area contributed by atoms with E-state index in [1.165, 1.54) is 0 Å². The summed E-state index contributed by atoms with van der Waals surface area (Å²) in [5.74, 6) is -0.0220. The van der Waals surface area contributed by atoms with Crippen molar-refractivity contribution < 1.29 is 28.6 Å². The number of thioether (sulfide) groups is 1. The average molecular weight is 442 g/mol. The first-order valence-electron chi connectivity index (χ1n) is 9.86. The lowest BCUT2D eigenvalue weighted by atomic mass is 10.1. The maximum absolute atomic E-state index is 12.5. The van der Waals surface area contributed by atoms with Crippen LogP contribution >= 0.6 is 11.8 Å². The van der Waals surface area contributed by atoms with E-state index >= 15 is 0 Å². The van der Waals surface area contributed by atoms with E-state index < -0.39 is 23.7 Å². The highest BCUT2D eigenvalue weighted by Gasteiger charge is 2.36. The van der Waals surface area contributed by atoms with E-state index in [0.29, 0.717) is 30.3 Å². The number of ether oxygens (including phenoxy) is 3. The van der Waals surface area contributed by atoms with Crippen molar-refractivity contribution >= 4 is 35.0 Å². The molecule has 7 nitrogen and oxygen atoms in total. The quantitative estimate of drug-likeness (QED) is 0.425. The Morgan fingerprint density at radius 1 is 1.00 bits per heavy atom. The van der Waals surface area contributed by atoms with Gasteiger partial charge in [0.25, 0.3) is 11.1 Å². The zero-order valence-electron chi connectivity index (χ0n) is 17.3. The number of imide groups is 1. The lowest BCUT2D eigenvalue weighted by molar-refractivity contribution is -0.145. The van der Waals surface area contributed by atoms with Crippen LogP contribution in [-0.2, 0) is 20.9 Å². The van der Waals surface area contributed by atoms with Crippen LogP contribution < -0.4 is 9.47 Å². The molecule has 0 aliphatic carbocycles. The summed E-state index contributed by atoms with van der Waals surface area (Å²) < 4.78 is 16.4. The molecular weight excluding hydrogens is 418 g/mol. The first-order chi connectivity index (χ1) is 15.0. The number of rotatable bonds is 9. The second kappa shape index (κ2) is 10.7. The van der Waals surface area contributed by atoms with Crippen molar-refractivity contribution in [3.05, 3.63) is 64.6 Å². The van der Waals surface area contributed by atoms with E-state index in [2.05, 4.69) is 0 Å². The van der Waals surface area contributed by atoms with Gasteiger partial charge < -0.3 is 14.2 Å². The van der Waals surface area contributed by atoms with Crippen molar-refractivity contribution in [2.45, 2.75) is 20.5 Å². The highest BCUT2D eigenvalue weighted by molar-refractivity contribution is 8.18. The van der Waals surface area contributed by atoms with Gasteiger partial charge in [-0.3, -0.25) is 19.3 Å². The van der Waals surface area contributed by atoms with Gasteiger partial charge in [0.2, 0.25) is 0 Å². The smallest absolute Gasteiger partial charge is 0.326 e. The molecule has 1 saturated heterocycles. The molecular formula is C23H23NO6S. The third-order valence-corrected chi connectivity index (χ3v) is 5.18. The first kappa shape index (κ1) is 22.4. The molecule has 0 aromatic heterocycles. The summed E-state index contributed by atoms with van der Waals surface area (Å²) in [4.78, 5) is 37.5. The number of hydrogen-bond acceptors (Lipinski definition) is 7. The van der Waals surface area contributed by atoms with E-state index in [1.54, 1.807) is 31.2 Å². The summed E-state index contributed by atoms with van der Waals surface area (Å²) in [5, 5.41) is -0.503. The molecule has 31 heavy (non-hydrogen) atoms. The largest absolute Gasteiger partial charge is 0.490 e. The minimum Gasteiger partial charge on any atom is -0.490 e. The summed E-state index contributed by atoms with van der Waals surface area (Å²) in [6.07, 6.45) is 1.60. The molecule has 0 saturated carbocycles. The molecule has 0 atom stereocenters. The van der Waals surface area contributed by atoms with Crippen LogP contribution in [0.3, 0.4) is 0 Å². The predicted octanol–water partition coefficient (Wildman–Crippen LogP) is 4.26. The second-order valence-electron chi connectivity index (χ2n) is 6.49. The summed E-state index contributed by atoms with van der Waals surface area (Å²) in [7, 11) is 0. The lowest BCUT2D eigenvalue weighted by Crippen LogP contribution is -2.34. The van der Waals surface area contributed by atoms with Gasteiger partial charge in [-0.2, -0.15) is 0 Å². The zero-order chi connectivity index (χ0) is 22.2. The molecule has 1 aliphatic rings. The SMILES string of the molecule is CCOC(=O)CN1C(=O)S/C(=C\c2ccc(OCc3ccccc3)c(OCC)c2)C1=O. The second-order valence-corrected chi connectivity index (χ2v) is 7.48. The molecule has 162 valence electrons. The molecule has 2 aromatic carbocycles. The van der Waals surface area contributed by atoms with Gasteiger partial charge in [-0.1, -0.05) is 36.4 Å². The minimum absolute atomic E-state index is 0.184. The highest BCUT2D eigenvalue weighted by Crippen LogP contribution is 2.35. The van der Waals surface area contributed by atoms with Gasteiger partial charge in [0, 0.05) is 0 Å². The van der Waals surface area contributed by atoms with Crippen LogP contribution in [0.2, 0.25) is 0 Å². The van der Waals surface area contributed by atoms with Crippen molar-refractivity contribution in [1.29, 1.82) is 0 Å². The molecule has 0 spiro atoms. The van der Waals surface area contributed by atoms with Crippen LogP contribution in [0.1, 0.15) is 25.0 Å². The Balaban J connectivity index is 1.75. The van der Waals surface area contributed by atoms with Crippen LogP contribution in [-0.4, -0.2) is 41.8 Å². The van der Waals surface area contributed by atoms with Gasteiger partial charge >= 0.3 is 5.97 Å². The Kier molecular flexibility index (Phi) is 7.72. The summed E-state index contributed by atoms with van der Waals surface area (Å²) >= 11 is 0.786. The Hall–Kier alpha value is -3.26. The van der Waals surface area contributed by atoms with Gasteiger partial charge in [0.1, 0.15) is 13.2 Å². The Labute approximate surface area is 185 Å². The molecule has 0 N–H and O–H groups in total. The molecule has 8 heteroatoms. The summed E-state index contributed by atoms with van der Waals surface area (Å²) in [5.41, 5.74) is 1.71. The Morgan fingerprint density at radius 2 is 1.77 bits per heavy atom. The number of nitrogens with zero attached hydrogens (tertiary/aromatic N) is 1. The fraction of sp³-hybridized carbons (Fsp3) is 0.261. The molecule has 0 unspecified atom stereocenters. The molecule has 1 aliphatic heterocycles. The number of amides is 2. The first-order valence-corrected chi connectivity index (χ1v) is 10.7. The van der Waals surface area contributed by atoms with Gasteiger partial charge in [0.15, 0.2) is 11.5 Å². The molecule has 0 radical (unpaired) electrons. The molecule has 2 amide bonds. The molecule has 0 bridgehead atoms. The molecule has 1 fully saturated rings. The van der Waals surface area contributed by atoms with Crippen molar-refractivity contribution in [1.82, 2.24) is 4.90 Å². The van der Waals surface area contributed by atoms with Gasteiger partial charge in [0.05, 0.1) is 18.1 Å². The Bertz CT molecular complexity index is 989. The van der Waals surface area contributed by atoms with Crippen molar-refractivity contribution in [3.8, 4) is 11.5 Å². The maximum Gasteiger partial charge on any atom is 0.326 e. The minimum atomic E-state index is -0.621. The van der Waals surface area contributed by atoms with Crippen LogP contribution in [0.25, 0.3) is 6.08 Å². The van der Waals surface area contributed by atoms with Gasteiger partial charge in [-0.05, 0) is 54.9 Å². The van der Waals surface area contributed by atoms with Crippen LogP contribution in [0.4, 0.5) is 4.79 Å². The summed E-state index contributed by atoms with van der Waals surface area (Å²) in [6, 6.07) is 15.1. The normalized spacial score (nSPS) is 14.8. The van der Waals surface area contributed by atoms with E-state index in [4.69, 9.17) is 14.2 Å². The third-order valence-electron chi connectivity index (χ3n) is 4.27. The summed E-state index contributed by atoms with van der Waals surface area (Å²) in [6.45, 7) is 4.16. The topological polar surface area (TPSA) is 82.1 Å². The lowest BCUT2D eigenvalue weighted by Gasteiger charge is -2.13. The predicted molar refractivity (Wildman–Crippen MR) is 118 cm³/mol. The fourth-order valence-electron chi connectivity index (χ4n) is 2.86. The molecule has 1 heterocycles. The number of benzene rings is 2. The number of carbonyl (C=O) groups excluding carboxylic acids is 3. The van der Waals surface area contributed by atoms with Crippen LogP contribution in [0, 0.1) is 0 Å². The van der Waals surface area contributed by atoms with E-state index in [1.807, 2.05) is 37.3 Å². The zero-order valence-corrected chi connectivity index (χ0v) is 18.1. The average Bonchev–Trinajstić information content (AvgIpc) is 3.01.